The van der Waals surface area contributed by atoms with Gasteiger partial charge in [-0.25, -0.2) is 4.79 Å². The SMILES string of the molecule is O=C(O)c1ccc(NCc2ccc(OC(F)(F)F)cc2)cc1[N+](=O)[O-]. The fraction of sp³-hybridized carbons (Fsp3) is 0.133. The third kappa shape index (κ3) is 5.09. The molecule has 132 valence electrons. The number of hydrogen-bond donors (Lipinski definition) is 2. The third-order valence-electron chi connectivity index (χ3n) is 3.08. The Hall–Kier alpha value is -3.30. The number of carboxylic acids is 1. The summed E-state index contributed by atoms with van der Waals surface area (Å²) < 4.78 is 40.0. The molecule has 0 aliphatic heterocycles. The number of nitro groups is 1. The highest BCUT2D eigenvalue weighted by molar-refractivity contribution is 5.93. The molecule has 0 bridgehead atoms. The van der Waals surface area contributed by atoms with Gasteiger partial charge in [0.25, 0.3) is 5.69 Å². The highest BCUT2D eigenvalue weighted by Crippen LogP contribution is 2.25. The lowest BCUT2D eigenvalue weighted by molar-refractivity contribution is -0.385. The van der Waals surface area contributed by atoms with Gasteiger partial charge in [-0.15, -0.1) is 13.2 Å². The number of carboxylic acid groups (broad SMARTS) is 1. The Kier molecular flexibility index (Phi) is 5.11. The predicted octanol–water partition coefficient (Wildman–Crippen LogP) is 3.80. The molecular weight excluding hydrogens is 345 g/mol. The van der Waals surface area contributed by atoms with E-state index in [2.05, 4.69) is 10.1 Å². The number of rotatable bonds is 6. The van der Waals surface area contributed by atoms with Gasteiger partial charge >= 0.3 is 12.3 Å². The first-order valence-corrected chi connectivity index (χ1v) is 6.76. The van der Waals surface area contributed by atoms with Crippen LogP contribution in [0.1, 0.15) is 15.9 Å². The zero-order valence-corrected chi connectivity index (χ0v) is 12.4. The van der Waals surface area contributed by atoms with Crippen molar-refractivity contribution in [2.45, 2.75) is 12.9 Å². The highest BCUT2D eigenvalue weighted by atomic mass is 19.4. The van der Waals surface area contributed by atoms with E-state index in [0.717, 1.165) is 24.3 Å². The second kappa shape index (κ2) is 7.07. The Morgan fingerprint density at radius 1 is 1.20 bits per heavy atom. The number of ether oxygens (including phenoxy) is 1. The van der Waals surface area contributed by atoms with Crippen LogP contribution in [0.15, 0.2) is 42.5 Å². The maximum atomic E-state index is 12.1. The van der Waals surface area contributed by atoms with E-state index in [4.69, 9.17) is 5.11 Å². The minimum atomic E-state index is -4.77. The molecule has 7 nitrogen and oxygen atoms in total. The van der Waals surface area contributed by atoms with Crippen LogP contribution in [0.5, 0.6) is 5.75 Å². The lowest BCUT2D eigenvalue weighted by Crippen LogP contribution is -2.17. The number of carbonyl (C=O) groups is 1. The van der Waals surface area contributed by atoms with Crippen molar-refractivity contribution in [1.29, 1.82) is 0 Å². The highest BCUT2D eigenvalue weighted by Gasteiger charge is 2.30. The lowest BCUT2D eigenvalue weighted by atomic mass is 10.1. The third-order valence-corrected chi connectivity index (χ3v) is 3.08. The molecule has 0 spiro atoms. The van der Waals surface area contributed by atoms with Gasteiger partial charge in [0, 0.05) is 18.3 Å². The first-order valence-electron chi connectivity index (χ1n) is 6.76. The van der Waals surface area contributed by atoms with E-state index in [1.807, 2.05) is 0 Å². The predicted molar refractivity (Wildman–Crippen MR) is 80.5 cm³/mol. The van der Waals surface area contributed by atoms with Crippen molar-refractivity contribution in [2.75, 3.05) is 5.32 Å². The maximum Gasteiger partial charge on any atom is 0.573 e. The van der Waals surface area contributed by atoms with Crippen molar-refractivity contribution in [3.8, 4) is 5.75 Å². The van der Waals surface area contributed by atoms with Gasteiger partial charge in [-0.05, 0) is 29.8 Å². The Bertz CT molecular complexity index is 791. The molecule has 0 saturated carbocycles. The van der Waals surface area contributed by atoms with Crippen LogP contribution in [0.3, 0.4) is 0 Å². The first kappa shape index (κ1) is 18.0. The van der Waals surface area contributed by atoms with Gasteiger partial charge in [-0.1, -0.05) is 12.1 Å². The summed E-state index contributed by atoms with van der Waals surface area (Å²) in [6.45, 7) is 0.163. The summed E-state index contributed by atoms with van der Waals surface area (Å²) in [5.74, 6) is -1.78. The second-order valence-electron chi connectivity index (χ2n) is 4.84. The van der Waals surface area contributed by atoms with E-state index in [1.54, 1.807) is 0 Å². The summed E-state index contributed by atoms with van der Waals surface area (Å²) in [5, 5.41) is 22.6. The number of nitrogens with zero attached hydrogens (tertiary/aromatic N) is 1. The molecule has 2 aromatic carbocycles. The average molecular weight is 356 g/mol. The first-order chi connectivity index (χ1) is 11.7. The molecule has 2 rings (SSSR count). The van der Waals surface area contributed by atoms with Crippen LogP contribution in [0, 0.1) is 10.1 Å². The van der Waals surface area contributed by atoms with Crippen LogP contribution < -0.4 is 10.1 Å². The summed E-state index contributed by atoms with van der Waals surface area (Å²) in [6.07, 6.45) is -4.77. The average Bonchev–Trinajstić information content (AvgIpc) is 2.52. The fourth-order valence-corrected chi connectivity index (χ4v) is 1.99. The number of hydrogen-bond acceptors (Lipinski definition) is 5. The van der Waals surface area contributed by atoms with Gasteiger partial charge in [-0.2, -0.15) is 0 Å². The number of aromatic carboxylic acids is 1. The van der Waals surface area contributed by atoms with Crippen molar-refractivity contribution in [3.05, 3.63) is 63.7 Å². The molecular formula is C15H11F3N2O5. The topological polar surface area (TPSA) is 102 Å². The minimum Gasteiger partial charge on any atom is -0.477 e. The molecule has 0 atom stereocenters. The van der Waals surface area contributed by atoms with E-state index in [0.29, 0.717) is 11.3 Å². The summed E-state index contributed by atoms with van der Waals surface area (Å²) in [7, 11) is 0. The van der Waals surface area contributed by atoms with Crippen LogP contribution in [-0.4, -0.2) is 22.4 Å². The maximum absolute atomic E-state index is 12.1. The summed E-state index contributed by atoms with van der Waals surface area (Å²) in [4.78, 5) is 21.0. The van der Waals surface area contributed by atoms with Crippen LogP contribution in [0.4, 0.5) is 24.5 Å². The van der Waals surface area contributed by atoms with Crippen molar-refractivity contribution < 1.29 is 32.7 Å². The van der Waals surface area contributed by atoms with Crippen LogP contribution in [0.25, 0.3) is 0 Å². The molecule has 0 heterocycles. The van der Waals surface area contributed by atoms with Crippen LogP contribution in [0.2, 0.25) is 0 Å². The zero-order chi connectivity index (χ0) is 18.6. The number of anilines is 1. The zero-order valence-electron chi connectivity index (χ0n) is 12.4. The van der Waals surface area contributed by atoms with Crippen molar-refractivity contribution in [1.82, 2.24) is 0 Å². The summed E-state index contributed by atoms with van der Waals surface area (Å²) >= 11 is 0. The van der Waals surface area contributed by atoms with Gasteiger partial charge in [0.05, 0.1) is 4.92 Å². The smallest absolute Gasteiger partial charge is 0.477 e. The number of nitro benzene ring substituents is 1. The molecule has 10 heteroatoms. The molecule has 0 fully saturated rings. The fourth-order valence-electron chi connectivity index (χ4n) is 1.99. The van der Waals surface area contributed by atoms with E-state index < -0.39 is 28.5 Å². The summed E-state index contributed by atoms with van der Waals surface area (Å²) in [5.41, 5.74) is -0.109. The van der Waals surface area contributed by atoms with Crippen molar-refractivity contribution >= 4 is 17.3 Å². The monoisotopic (exact) mass is 356 g/mol. The second-order valence-corrected chi connectivity index (χ2v) is 4.84. The van der Waals surface area contributed by atoms with Crippen LogP contribution in [-0.2, 0) is 6.54 Å². The van der Waals surface area contributed by atoms with Gasteiger partial charge < -0.3 is 15.2 Å². The molecule has 0 unspecified atom stereocenters. The Morgan fingerprint density at radius 2 is 1.84 bits per heavy atom. The largest absolute Gasteiger partial charge is 0.573 e. The Labute approximate surface area is 138 Å². The minimum absolute atomic E-state index is 0.163. The molecule has 2 N–H and O–H groups in total. The van der Waals surface area contributed by atoms with Crippen molar-refractivity contribution in [2.24, 2.45) is 0 Å². The molecule has 25 heavy (non-hydrogen) atoms. The number of benzene rings is 2. The Morgan fingerprint density at radius 3 is 2.36 bits per heavy atom. The van der Waals surface area contributed by atoms with Gasteiger partial charge in [0.1, 0.15) is 11.3 Å². The molecule has 0 amide bonds. The molecule has 0 radical (unpaired) electrons. The lowest BCUT2D eigenvalue weighted by Gasteiger charge is -2.10. The molecule has 0 saturated heterocycles. The van der Waals surface area contributed by atoms with Gasteiger partial charge in [0.15, 0.2) is 0 Å². The summed E-state index contributed by atoms with van der Waals surface area (Å²) in [6, 6.07) is 8.61. The standard InChI is InChI=1S/C15H11F3N2O5/c16-15(17,18)25-11-4-1-9(2-5-11)8-19-10-3-6-12(14(21)22)13(7-10)20(23)24/h1-7,19H,8H2,(H,21,22). The molecule has 0 aliphatic rings. The van der Waals surface area contributed by atoms with E-state index in [-0.39, 0.29) is 12.3 Å². The van der Waals surface area contributed by atoms with E-state index in [9.17, 15) is 28.1 Å². The molecule has 2 aromatic rings. The normalized spacial score (nSPS) is 11.0. The number of nitrogens with one attached hydrogen (secondary N) is 1. The number of halogens is 3. The van der Waals surface area contributed by atoms with E-state index >= 15 is 0 Å². The van der Waals surface area contributed by atoms with E-state index in [1.165, 1.54) is 18.2 Å². The molecule has 0 aliphatic carbocycles. The van der Waals surface area contributed by atoms with Crippen LogP contribution >= 0.6 is 0 Å². The van der Waals surface area contributed by atoms with Gasteiger partial charge in [-0.3, -0.25) is 10.1 Å². The van der Waals surface area contributed by atoms with Gasteiger partial charge in [0.2, 0.25) is 0 Å². The number of alkyl halides is 3. The molecule has 0 aromatic heterocycles. The quantitative estimate of drug-likeness (QED) is 0.603. The van der Waals surface area contributed by atoms with Crippen molar-refractivity contribution in [3.63, 3.8) is 0 Å². The Balaban J connectivity index is 2.07.